The zero-order chi connectivity index (χ0) is 14.6. The molecule has 5 heteroatoms. The summed E-state index contributed by atoms with van der Waals surface area (Å²) in [5, 5.41) is 14.6. The van der Waals surface area contributed by atoms with Gasteiger partial charge in [-0.3, -0.25) is 4.79 Å². The molecule has 0 heterocycles. The highest BCUT2D eigenvalue weighted by molar-refractivity contribution is 5.75. The standard InChI is InChI=1S/C14H26N2O3/c1-9-5-10(9)7-15-13(19)16-8-11(12(17)18)6-14(2,3)4/h9-11H,5-8H2,1-4H3,(H,17,18)(H2,15,16,19). The molecule has 1 aliphatic rings. The number of amides is 2. The van der Waals surface area contributed by atoms with Gasteiger partial charge in [0.25, 0.3) is 0 Å². The highest BCUT2D eigenvalue weighted by Gasteiger charge is 2.32. The van der Waals surface area contributed by atoms with Crippen molar-refractivity contribution in [3.8, 4) is 0 Å². The van der Waals surface area contributed by atoms with Crippen LogP contribution in [0.2, 0.25) is 0 Å². The van der Waals surface area contributed by atoms with Gasteiger partial charge in [0, 0.05) is 13.1 Å². The van der Waals surface area contributed by atoms with Crippen molar-refractivity contribution in [1.82, 2.24) is 10.6 Å². The topological polar surface area (TPSA) is 78.4 Å². The van der Waals surface area contributed by atoms with Gasteiger partial charge in [0.1, 0.15) is 0 Å². The zero-order valence-electron chi connectivity index (χ0n) is 12.3. The summed E-state index contributed by atoms with van der Waals surface area (Å²) in [4.78, 5) is 22.7. The van der Waals surface area contributed by atoms with Crippen LogP contribution in [0.25, 0.3) is 0 Å². The summed E-state index contributed by atoms with van der Waals surface area (Å²) < 4.78 is 0. The normalized spacial score (nSPS) is 23.6. The van der Waals surface area contributed by atoms with Gasteiger partial charge in [-0.05, 0) is 30.1 Å². The van der Waals surface area contributed by atoms with Gasteiger partial charge in [-0.1, -0.05) is 27.7 Å². The van der Waals surface area contributed by atoms with E-state index in [1.807, 2.05) is 20.8 Å². The first-order chi connectivity index (χ1) is 8.69. The van der Waals surface area contributed by atoms with Crippen molar-refractivity contribution in [2.24, 2.45) is 23.2 Å². The van der Waals surface area contributed by atoms with Crippen LogP contribution >= 0.6 is 0 Å². The Bertz CT molecular complexity index is 336. The van der Waals surface area contributed by atoms with Crippen LogP contribution in [-0.2, 0) is 4.79 Å². The van der Waals surface area contributed by atoms with Gasteiger partial charge < -0.3 is 15.7 Å². The summed E-state index contributed by atoms with van der Waals surface area (Å²) in [5.41, 5.74) is -0.0648. The minimum absolute atomic E-state index is 0.0648. The highest BCUT2D eigenvalue weighted by atomic mass is 16.4. The Hall–Kier alpha value is -1.26. The van der Waals surface area contributed by atoms with Gasteiger partial charge in [0.05, 0.1) is 5.92 Å². The predicted molar refractivity (Wildman–Crippen MR) is 73.9 cm³/mol. The number of rotatable bonds is 6. The molecule has 3 unspecified atom stereocenters. The molecule has 0 aromatic heterocycles. The Morgan fingerprint density at radius 3 is 2.32 bits per heavy atom. The van der Waals surface area contributed by atoms with E-state index in [-0.39, 0.29) is 18.0 Å². The van der Waals surface area contributed by atoms with E-state index in [0.717, 1.165) is 0 Å². The van der Waals surface area contributed by atoms with Crippen molar-refractivity contribution in [3.05, 3.63) is 0 Å². The number of aliphatic carboxylic acids is 1. The molecule has 3 N–H and O–H groups in total. The van der Waals surface area contributed by atoms with E-state index in [2.05, 4.69) is 17.6 Å². The fraction of sp³-hybridized carbons (Fsp3) is 0.857. The minimum Gasteiger partial charge on any atom is -0.481 e. The number of carbonyl (C=O) groups is 2. The molecule has 0 aliphatic heterocycles. The largest absolute Gasteiger partial charge is 0.481 e. The van der Waals surface area contributed by atoms with Crippen molar-refractivity contribution in [1.29, 1.82) is 0 Å². The van der Waals surface area contributed by atoms with Crippen LogP contribution in [0.4, 0.5) is 4.79 Å². The zero-order valence-corrected chi connectivity index (χ0v) is 12.3. The van der Waals surface area contributed by atoms with Crippen LogP contribution in [0, 0.1) is 23.2 Å². The number of nitrogens with one attached hydrogen (secondary N) is 2. The van der Waals surface area contributed by atoms with Gasteiger partial charge >= 0.3 is 12.0 Å². The molecule has 3 atom stereocenters. The maximum Gasteiger partial charge on any atom is 0.314 e. The lowest BCUT2D eigenvalue weighted by atomic mass is 9.84. The van der Waals surface area contributed by atoms with Crippen molar-refractivity contribution >= 4 is 12.0 Å². The maximum atomic E-state index is 11.6. The Morgan fingerprint density at radius 1 is 1.32 bits per heavy atom. The third-order valence-electron chi connectivity index (χ3n) is 3.52. The summed E-state index contributed by atoms with van der Waals surface area (Å²) in [5.74, 6) is -0.0970. The van der Waals surface area contributed by atoms with Gasteiger partial charge in [-0.25, -0.2) is 4.79 Å². The number of urea groups is 1. The third kappa shape index (κ3) is 6.45. The van der Waals surface area contributed by atoms with Gasteiger partial charge in [0.2, 0.25) is 0 Å². The van der Waals surface area contributed by atoms with Crippen molar-refractivity contribution < 1.29 is 14.7 Å². The Labute approximate surface area is 115 Å². The molecule has 1 saturated carbocycles. The number of hydrogen-bond acceptors (Lipinski definition) is 2. The molecule has 1 aliphatic carbocycles. The summed E-state index contributed by atoms with van der Waals surface area (Å²) in [6, 6.07) is -0.265. The lowest BCUT2D eigenvalue weighted by Gasteiger charge is -2.23. The summed E-state index contributed by atoms with van der Waals surface area (Å²) in [6.45, 7) is 9.02. The first-order valence-corrected chi connectivity index (χ1v) is 6.93. The van der Waals surface area contributed by atoms with E-state index >= 15 is 0 Å². The van der Waals surface area contributed by atoms with Gasteiger partial charge in [-0.15, -0.1) is 0 Å². The molecule has 0 saturated heterocycles. The average Bonchev–Trinajstić information content (AvgIpc) is 2.96. The quantitative estimate of drug-likeness (QED) is 0.691. The highest BCUT2D eigenvalue weighted by Crippen LogP contribution is 2.36. The van der Waals surface area contributed by atoms with E-state index in [4.69, 9.17) is 5.11 Å². The minimum atomic E-state index is -0.856. The van der Waals surface area contributed by atoms with Crippen LogP contribution in [0.1, 0.15) is 40.5 Å². The number of hydrogen-bond donors (Lipinski definition) is 3. The first kappa shape index (κ1) is 15.8. The second-order valence-corrected chi connectivity index (χ2v) is 6.86. The van der Waals surface area contributed by atoms with Crippen molar-refractivity contribution in [2.45, 2.75) is 40.5 Å². The number of carboxylic acids is 1. The van der Waals surface area contributed by atoms with E-state index in [1.165, 1.54) is 6.42 Å². The molecule has 0 spiro atoms. The summed E-state index contributed by atoms with van der Waals surface area (Å²) in [7, 11) is 0. The van der Waals surface area contributed by atoms with E-state index in [1.54, 1.807) is 0 Å². The predicted octanol–water partition coefficient (Wildman–Crippen LogP) is 2.08. The van der Waals surface area contributed by atoms with Crippen molar-refractivity contribution in [2.75, 3.05) is 13.1 Å². The molecular formula is C14H26N2O3. The van der Waals surface area contributed by atoms with Gasteiger partial charge in [-0.2, -0.15) is 0 Å². The molecule has 110 valence electrons. The fourth-order valence-corrected chi connectivity index (χ4v) is 2.17. The lowest BCUT2D eigenvalue weighted by molar-refractivity contribution is -0.142. The SMILES string of the molecule is CC1CC1CNC(=O)NCC(CC(C)(C)C)C(=O)O. The van der Waals surface area contributed by atoms with E-state index in [9.17, 15) is 9.59 Å². The summed E-state index contributed by atoms with van der Waals surface area (Å²) >= 11 is 0. The molecule has 19 heavy (non-hydrogen) atoms. The smallest absolute Gasteiger partial charge is 0.314 e. The van der Waals surface area contributed by atoms with Crippen LogP contribution in [0.15, 0.2) is 0 Å². The molecule has 0 bridgehead atoms. The van der Waals surface area contributed by atoms with E-state index < -0.39 is 11.9 Å². The number of carboxylic acid groups (broad SMARTS) is 1. The molecule has 0 aromatic rings. The molecule has 1 fully saturated rings. The molecular weight excluding hydrogens is 244 g/mol. The van der Waals surface area contributed by atoms with Crippen LogP contribution in [0.3, 0.4) is 0 Å². The van der Waals surface area contributed by atoms with Crippen LogP contribution < -0.4 is 10.6 Å². The molecule has 0 aromatic carbocycles. The first-order valence-electron chi connectivity index (χ1n) is 6.93. The number of carbonyl (C=O) groups excluding carboxylic acids is 1. The third-order valence-corrected chi connectivity index (χ3v) is 3.52. The Kier molecular flexibility index (Phi) is 5.20. The maximum absolute atomic E-state index is 11.6. The van der Waals surface area contributed by atoms with Crippen LogP contribution in [0.5, 0.6) is 0 Å². The summed E-state index contributed by atoms with van der Waals surface area (Å²) in [6.07, 6.45) is 1.71. The van der Waals surface area contributed by atoms with Crippen molar-refractivity contribution in [3.63, 3.8) is 0 Å². The molecule has 0 radical (unpaired) electrons. The lowest BCUT2D eigenvalue weighted by Crippen LogP contribution is -2.41. The monoisotopic (exact) mass is 270 g/mol. The van der Waals surface area contributed by atoms with Gasteiger partial charge in [0.15, 0.2) is 0 Å². The molecule has 5 nitrogen and oxygen atoms in total. The molecule has 2 amide bonds. The van der Waals surface area contributed by atoms with Crippen LogP contribution in [-0.4, -0.2) is 30.2 Å². The molecule has 1 rings (SSSR count). The fourth-order valence-electron chi connectivity index (χ4n) is 2.17. The second kappa shape index (κ2) is 6.26. The Morgan fingerprint density at radius 2 is 1.89 bits per heavy atom. The average molecular weight is 270 g/mol. The Balaban J connectivity index is 2.26. The second-order valence-electron chi connectivity index (χ2n) is 6.86. The van der Waals surface area contributed by atoms with E-state index in [0.29, 0.717) is 24.8 Å².